The molecule has 1 fully saturated rings. The van der Waals surface area contributed by atoms with Crippen LogP contribution in [0.3, 0.4) is 0 Å². The molecule has 3 N–H and O–H groups in total. The Morgan fingerprint density at radius 2 is 1.88 bits per heavy atom. The molecule has 0 spiro atoms. The van der Waals surface area contributed by atoms with Gasteiger partial charge in [-0.3, -0.25) is 4.79 Å². The highest BCUT2D eigenvalue weighted by Crippen LogP contribution is 2.38. The summed E-state index contributed by atoms with van der Waals surface area (Å²) in [6, 6.07) is 8.68. The number of carboxylic acids is 1. The van der Waals surface area contributed by atoms with Crippen LogP contribution in [0.25, 0.3) is 0 Å². The van der Waals surface area contributed by atoms with Crippen molar-refractivity contribution in [2.45, 2.75) is 49.3 Å². The fraction of sp³-hybridized carbons (Fsp3) is 0.556. The van der Waals surface area contributed by atoms with E-state index in [1.54, 1.807) is 0 Å². The van der Waals surface area contributed by atoms with Crippen LogP contribution < -0.4 is 10.6 Å². The van der Waals surface area contributed by atoms with Crippen LogP contribution in [0.5, 0.6) is 0 Å². The van der Waals surface area contributed by atoms with Crippen LogP contribution in [0.2, 0.25) is 0 Å². The molecule has 2 amide bonds. The van der Waals surface area contributed by atoms with E-state index in [0.717, 1.165) is 12.0 Å². The number of benzene rings is 1. The number of carboxylic acid groups (broad SMARTS) is 1. The first-order chi connectivity index (χ1) is 12.2. The highest BCUT2D eigenvalue weighted by atomic mass is 32.2. The molecule has 1 aromatic carbocycles. The first kappa shape index (κ1) is 20.2. The number of carbonyl (C=O) groups is 2. The molecule has 26 heavy (non-hydrogen) atoms. The van der Waals surface area contributed by atoms with Crippen molar-refractivity contribution in [2.24, 2.45) is 0 Å². The van der Waals surface area contributed by atoms with Crippen molar-refractivity contribution in [1.29, 1.82) is 0 Å². The van der Waals surface area contributed by atoms with Gasteiger partial charge in [0.1, 0.15) is 0 Å². The van der Waals surface area contributed by atoms with Gasteiger partial charge in [-0.05, 0) is 31.2 Å². The zero-order valence-corrected chi connectivity index (χ0v) is 15.7. The van der Waals surface area contributed by atoms with Crippen LogP contribution in [0.4, 0.5) is 4.79 Å². The van der Waals surface area contributed by atoms with E-state index in [1.807, 2.05) is 30.3 Å². The molecule has 7 nitrogen and oxygen atoms in total. The van der Waals surface area contributed by atoms with Gasteiger partial charge in [0.2, 0.25) is 0 Å². The average Bonchev–Trinajstić information content (AvgIpc) is 2.51. The van der Waals surface area contributed by atoms with Gasteiger partial charge in [0.15, 0.2) is 9.84 Å². The van der Waals surface area contributed by atoms with Gasteiger partial charge >= 0.3 is 12.0 Å². The Morgan fingerprint density at radius 1 is 1.23 bits per heavy atom. The molecule has 1 aliphatic rings. The van der Waals surface area contributed by atoms with Crippen LogP contribution in [0, 0.1) is 0 Å². The fourth-order valence-electron chi connectivity index (χ4n) is 3.15. The zero-order valence-electron chi connectivity index (χ0n) is 14.9. The van der Waals surface area contributed by atoms with Crippen molar-refractivity contribution in [3.05, 3.63) is 35.9 Å². The highest BCUT2D eigenvalue weighted by molar-refractivity contribution is 7.92. The summed E-state index contributed by atoms with van der Waals surface area (Å²) in [5.41, 5.74) is 0.995. The maximum absolute atomic E-state index is 12.2. The summed E-state index contributed by atoms with van der Waals surface area (Å²) in [4.78, 5) is 23.1. The largest absolute Gasteiger partial charge is 0.481 e. The SMILES string of the molecule is CS(=O)(=O)C1(CNC(=O)NC(CCC(=O)O)Cc2ccccc2)CCC1. The summed E-state index contributed by atoms with van der Waals surface area (Å²) in [6.07, 6.45) is 3.91. The summed E-state index contributed by atoms with van der Waals surface area (Å²) < 4.78 is 23.0. The topological polar surface area (TPSA) is 113 Å². The average molecular weight is 382 g/mol. The molecule has 1 saturated carbocycles. The Labute approximate surface area is 154 Å². The van der Waals surface area contributed by atoms with Crippen molar-refractivity contribution in [3.8, 4) is 0 Å². The normalized spacial score (nSPS) is 17.0. The second-order valence-corrected chi connectivity index (χ2v) is 9.37. The fourth-order valence-corrected chi connectivity index (χ4v) is 4.51. The van der Waals surface area contributed by atoms with Gasteiger partial charge < -0.3 is 15.7 Å². The Bertz CT molecular complexity index is 729. The Kier molecular flexibility index (Phi) is 6.63. The summed E-state index contributed by atoms with van der Waals surface area (Å²) in [7, 11) is -3.24. The molecule has 1 unspecified atom stereocenters. The lowest BCUT2D eigenvalue weighted by molar-refractivity contribution is -0.137. The quantitative estimate of drug-likeness (QED) is 0.602. The molecule has 0 radical (unpaired) electrons. The minimum absolute atomic E-state index is 0.0505. The molecule has 1 atom stereocenters. The lowest BCUT2D eigenvalue weighted by atomic mass is 9.84. The molecule has 144 valence electrons. The van der Waals surface area contributed by atoms with Crippen LogP contribution >= 0.6 is 0 Å². The third-order valence-electron chi connectivity index (χ3n) is 4.99. The van der Waals surface area contributed by atoms with Crippen LogP contribution in [-0.4, -0.2) is 49.1 Å². The summed E-state index contributed by atoms with van der Waals surface area (Å²) in [6.45, 7) is 0.0780. The predicted octanol–water partition coefficient (Wildman–Crippen LogP) is 1.73. The van der Waals surface area contributed by atoms with Gasteiger partial charge in [0, 0.05) is 25.3 Å². The highest BCUT2D eigenvalue weighted by Gasteiger charge is 2.46. The number of rotatable bonds is 9. The second-order valence-electron chi connectivity index (χ2n) is 6.95. The maximum Gasteiger partial charge on any atom is 0.315 e. The monoisotopic (exact) mass is 382 g/mol. The molecule has 0 aromatic heterocycles. The molecule has 0 aliphatic heterocycles. The zero-order chi connectivity index (χ0) is 19.2. The van der Waals surface area contributed by atoms with Crippen LogP contribution in [-0.2, 0) is 21.1 Å². The number of urea groups is 1. The standard InChI is InChI=1S/C18H26N2O5S/c1-26(24,25)18(10-5-11-18)13-19-17(23)20-15(8-9-16(21)22)12-14-6-3-2-4-7-14/h2-4,6-7,15H,5,8-13H2,1H3,(H,21,22)(H2,19,20,23). The molecule has 0 saturated heterocycles. The number of sulfone groups is 1. The minimum Gasteiger partial charge on any atom is -0.481 e. The van der Waals surface area contributed by atoms with Crippen molar-refractivity contribution in [3.63, 3.8) is 0 Å². The van der Waals surface area contributed by atoms with Crippen molar-refractivity contribution >= 4 is 21.8 Å². The van der Waals surface area contributed by atoms with E-state index in [9.17, 15) is 18.0 Å². The second kappa shape index (κ2) is 8.53. The number of hydrogen-bond donors (Lipinski definition) is 3. The third kappa shape index (κ3) is 5.45. The van der Waals surface area contributed by atoms with E-state index in [-0.39, 0.29) is 19.0 Å². The smallest absolute Gasteiger partial charge is 0.315 e. The van der Waals surface area contributed by atoms with Crippen molar-refractivity contribution in [2.75, 3.05) is 12.8 Å². The van der Waals surface area contributed by atoms with Crippen molar-refractivity contribution in [1.82, 2.24) is 10.6 Å². The Morgan fingerprint density at radius 3 is 2.38 bits per heavy atom. The minimum atomic E-state index is -3.24. The Balaban J connectivity index is 1.93. The first-order valence-corrected chi connectivity index (χ1v) is 10.6. The van der Waals surface area contributed by atoms with Gasteiger partial charge in [-0.15, -0.1) is 0 Å². The Hall–Kier alpha value is -2.09. The lowest BCUT2D eigenvalue weighted by Gasteiger charge is -2.40. The number of carbonyl (C=O) groups excluding carboxylic acids is 1. The van der Waals surface area contributed by atoms with E-state index in [4.69, 9.17) is 5.11 Å². The molecule has 8 heteroatoms. The first-order valence-electron chi connectivity index (χ1n) is 8.71. The molecule has 1 aromatic rings. The van der Waals surface area contributed by atoms with Gasteiger partial charge in [0.05, 0.1) is 4.75 Å². The third-order valence-corrected chi connectivity index (χ3v) is 7.11. The van der Waals surface area contributed by atoms with E-state index < -0.39 is 26.6 Å². The van der Waals surface area contributed by atoms with Crippen LogP contribution in [0.1, 0.15) is 37.7 Å². The van der Waals surface area contributed by atoms with Gasteiger partial charge in [0.25, 0.3) is 0 Å². The number of aliphatic carboxylic acids is 1. The van der Waals surface area contributed by atoms with E-state index in [2.05, 4.69) is 10.6 Å². The van der Waals surface area contributed by atoms with Gasteiger partial charge in [-0.1, -0.05) is 36.8 Å². The molecular formula is C18H26N2O5S. The molecule has 2 rings (SSSR count). The van der Waals surface area contributed by atoms with Gasteiger partial charge in [-0.2, -0.15) is 0 Å². The summed E-state index contributed by atoms with van der Waals surface area (Å²) in [5, 5.41) is 14.4. The predicted molar refractivity (Wildman–Crippen MR) is 98.8 cm³/mol. The summed E-state index contributed by atoms with van der Waals surface area (Å²) in [5.74, 6) is -0.921. The number of nitrogens with one attached hydrogen (secondary N) is 2. The molecular weight excluding hydrogens is 356 g/mol. The van der Waals surface area contributed by atoms with E-state index in [1.165, 1.54) is 6.26 Å². The number of hydrogen-bond acceptors (Lipinski definition) is 4. The maximum atomic E-state index is 12.2. The van der Waals surface area contributed by atoms with Crippen LogP contribution in [0.15, 0.2) is 30.3 Å². The molecule has 1 aliphatic carbocycles. The van der Waals surface area contributed by atoms with Gasteiger partial charge in [-0.25, -0.2) is 13.2 Å². The molecule has 0 bridgehead atoms. The molecule has 0 heterocycles. The summed E-state index contributed by atoms with van der Waals surface area (Å²) >= 11 is 0. The van der Waals surface area contributed by atoms with E-state index >= 15 is 0 Å². The number of amides is 2. The van der Waals surface area contributed by atoms with E-state index in [0.29, 0.717) is 25.7 Å². The lowest BCUT2D eigenvalue weighted by Crippen LogP contribution is -2.55. The van der Waals surface area contributed by atoms with Crippen molar-refractivity contribution < 1.29 is 23.1 Å².